The number of carbonyl (C=O) groups is 1. The number of thioether (sulfide) groups is 1. The van der Waals surface area contributed by atoms with Crippen molar-refractivity contribution in [3.63, 3.8) is 0 Å². The lowest BCUT2D eigenvalue weighted by molar-refractivity contribution is -0.143. The lowest BCUT2D eigenvalue weighted by Gasteiger charge is -2.16. The van der Waals surface area contributed by atoms with Gasteiger partial charge in [-0.05, 0) is 53.2 Å². The molecule has 0 atom stereocenters. The SMILES string of the molecule is CN=C1NC(=O)S/C1=C\c1ccc2nn(Cc3ccc(C(F)(F)F)cc3C(F)(F)F)c(OC)c2c1. The molecule has 184 valence electrons. The van der Waals surface area contributed by atoms with Gasteiger partial charge in [0, 0.05) is 7.05 Å². The zero-order valence-corrected chi connectivity index (χ0v) is 18.9. The van der Waals surface area contributed by atoms with Crippen LogP contribution in [-0.4, -0.2) is 35.0 Å². The van der Waals surface area contributed by atoms with E-state index in [-0.39, 0.29) is 17.2 Å². The highest BCUT2D eigenvalue weighted by Crippen LogP contribution is 2.38. The van der Waals surface area contributed by atoms with Gasteiger partial charge in [-0.3, -0.25) is 9.79 Å². The number of carbonyl (C=O) groups excluding carboxylic acids is 1. The first kappa shape index (κ1) is 24.6. The smallest absolute Gasteiger partial charge is 0.416 e. The Morgan fingerprint density at radius 2 is 1.86 bits per heavy atom. The molecule has 0 spiro atoms. The summed E-state index contributed by atoms with van der Waals surface area (Å²) >= 11 is 0.964. The normalized spacial score (nSPS) is 17.0. The van der Waals surface area contributed by atoms with Gasteiger partial charge in [0.25, 0.3) is 5.24 Å². The first-order valence-electron chi connectivity index (χ1n) is 9.90. The number of methoxy groups -OCH3 is 1. The summed E-state index contributed by atoms with van der Waals surface area (Å²) in [6.07, 6.45) is -8.21. The minimum atomic E-state index is -5.00. The van der Waals surface area contributed by atoms with Crippen LogP contribution in [0.4, 0.5) is 31.1 Å². The Balaban J connectivity index is 1.75. The summed E-state index contributed by atoms with van der Waals surface area (Å²) in [7, 11) is 2.84. The first-order chi connectivity index (χ1) is 16.4. The third kappa shape index (κ3) is 4.99. The lowest BCUT2D eigenvalue weighted by atomic mass is 10.0. The topological polar surface area (TPSA) is 68.5 Å². The molecule has 2 heterocycles. The van der Waals surface area contributed by atoms with Crippen molar-refractivity contribution >= 4 is 39.8 Å². The first-order valence-corrected chi connectivity index (χ1v) is 10.7. The van der Waals surface area contributed by atoms with Crippen LogP contribution in [0.3, 0.4) is 0 Å². The van der Waals surface area contributed by atoms with E-state index in [4.69, 9.17) is 4.74 Å². The van der Waals surface area contributed by atoms with E-state index in [1.54, 1.807) is 24.3 Å². The predicted octanol–water partition coefficient (Wildman–Crippen LogP) is 5.96. The number of fused-ring (bicyclic) bond motifs is 1. The number of nitrogens with one attached hydrogen (secondary N) is 1. The standard InChI is InChI=1S/C22H16F6N4O2S/c1-29-18-17(35-20(33)30-18)8-11-3-6-16-14(7-11)19(34-2)32(31-16)10-12-4-5-13(21(23,24)25)9-15(12)22(26,27)28/h3-9H,10H2,1-2H3,(H,29,30,33)/b17-8-. The largest absolute Gasteiger partial charge is 0.481 e. The van der Waals surface area contributed by atoms with Crippen molar-refractivity contribution in [2.45, 2.75) is 18.9 Å². The summed E-state index contributed by atoms with van der Waals surface area (Å²) in [5.74, 6) is 0.538. The number of alkyl halides is 6. The third-order valence-electron chi connectivity index (χ3n) is 5.15. The number of nitrogens with zero attached hydrogens (tertiary/aromatic N) is 3. The van der Waals surface area contributed by atoms with Gasteiger partial charge in [0.15, 0.2) is 0 Å². The second-order valence-electron chi connectivity index (χ2n) is 7.41. The summed E-state index contributed by atoms with van der Waals surface area (Å²) in [5, 5.41) is 7.07. The summed E-state index contributed by atoms with van der Waals surface area (Å²) in [4.78, 5) is 16.2. The average molecular weight is 514 g/mol. The maximum absolute atomic E-state index is 13.6. The zero-order valence-electron chi connectivity index (χ0n) is 18.1. The van der Waals surface area contributed by atoms with E-state index in [0.717, 1.165) is 22.5 Å². The van der Waals surface area contributed by atoms with E-state index >= 15 is 0 Å². The van der Waals surface area contributed by atoms with E-state index in [0.29, 0.717) is 33.3 Å². The summed E-state index contributed by atoms with van der Waals surface area (Å²) in [5.41, 5.74) is -2.13. The molecule has 1 aliphatic rings. The van der Waals surface area contributed by atoms with Crippen LogP contribution in [0, 0.1) is 0 Å². The Hall–Kier alpha value is -3.48. The molecule has 0 unspecified atom stereocenters. The monoisotopic (exact) mass is 514 g/mol. The molecule has 0 bridgehead atoms. The van der Waals surface area contributed by atoms with Gasteiger partial charge in [0.1, 0.15) is 5.84 Å². The fourth-order valence-electron chi connectivity index (χ4n) is 3.60. The molecule has 0 saturated carbocycles. The van der Waals surface area contributed by atoms with E-state index in [1.165, 1.54) is 14.2 Å². The predicted molar refractivity (Wildman–Crippen MR) is 119 cm³/mol. The van der Waals surface area contributed by atoms with Gasteiger partial charge in [0.2, 0.25) is 5.88 Å². The number of benzene rings is 2. The number of hydrogen-bond donors (Lipinski definition) is 1. The van der Waals surface area contributed by atoms with Crippen LogP contribution in [0.1, 0.15) is 22.3 Å². The van der Waals surface area contributed by atoms with Gasteiger partial charge < -0.3 is 10.1 Å². The van der Waals surface area contributed by atoms with Crippen LogP contribution in [0.5, 0.6) is 5.88 Å². The molecule has 13 heteroatoms. The van der Waals surface area contributed by atoms with Crippen LogP contribution in [0.2, 0.25) is 0 Å². The molecular formula is C22H16F6N4O2S. The molecule has 0 aliphatic carbocycles. The molecule has 4 rings (SSSR count). The summed E-state index contributed by atoms with van der Waals surface area (Å²) in [6, 6.07) is 6.49. The van der Waals surface area contributed by atoms with E-state index in [2.05, 4.69) is 15.4 Å². The van der Waals surface area contributed by atoms with Crippen LogP contribution in [0.25, 0.3) is 17.0 Å². The van der Waals surface area contributed by atoms with E-state index in [9.17, 15) is 31.1 Å². The second kappa shape index (κ2) is 8.95. The number of hydrogen-bond acceptors (Lipinski definition) is 5. The molecular weight excluding hydrogens is 498 g/mol. The van der Waals surface area contributed by atoms with E-state index < -0.39 is 35.6 Å². The van der Waals surface area contributed by atoms with Gasteiger partial charge in [-0.15, -0.1) is 0 Å². The Kier molecular flexibility index (Phi) is 6.30. The lowest BCUT2D eigenvalue weighted by Crippen LogP contribution is -2.18. The van der Waals surface area contributed by atoms with Gasteiger partial charge in [-0.2, -0.15) is 31.4 Å². The number of aromatic nitrogens is 2. The summed E-state index contributed by atoms with van der Waals surface area (Å²) in [6.45, 7) is -0.470. The molecule has 0 radical (unpaired) electrons. The number of amidine groups is 1. The molecule has 1 amide bonds. The van der Waals surface area contributed by atoms with Crippen LogP contribution in [0.15, 0.2) is 46.3 Å². The van der Waals surface area contributed by atoms with Crippen LogP contribution >= 0.6 is 11.8 Å². The zero-order chi connectivity index (χ0) is 25.5. The maximum Gasteiger partial charge on any atom is 0.416 e. The average Bonchev–Trinajstić information content (AvgIpc) is 3.30. The third-order valence-corrected chi connectivity index (χ3v) is 5.97. The van der Waals surface area contributed by atoms with Gasteiger partial charge in [-0.25, -0.2) is 4.68 Å². The number of amides is 1. The number of aliphatic imine (C=N–C) groups is 1. The molecule has 3 aromatic rings. The quantitative estimate of drug-likeness (QED) is 0.437. The highest BCUT2D eigenvalue weighted by atomic mass is 32.2. The molecule has 1 aliphatic heterocycles. The minimum Gasteiger partial charge on any atom is -0.481 e. The number of ether oxygens (including phenoxy) is 1. The van der Waals surface area contributed by atoms with Crippen LogP contribution in [-0.2, 0) is 18.9 Å². The van der Waals surface area contributed by atoms with Gasteiger partial charge in [-0.1, -0.05) is 12.1 Å². The van der Waals surface area contributed by atoms with Crippen LogP contribution < -0.4 is 10.1 Å². The number of halogens is 6. The number of rotatable bonds is 4. The second-order valence-corrected chi connectivity index (χ2v) is 8.42. The van der Waals surface area contributed by atoms with Crippen molar-refractivity contribution in [3.05, 3.63) is 63.6 Å². The minimum absolute atomic E-state index is 0.0940. The fraction of sp³-hybridized carbons (Fsp3) is 0.227. The fourth-order valence-corrected chi connectivity index (χ4v) is 4.38. The van der Waals surface area contributed by atoms with Crippen molar-refractivity contribution in [2.75, 3.05) is 14.2 Å². The molecule has 1 fully saturated rings. The molecule has 2 aromatic carbocycles. The highest BCUT2D eigenvalue weighted by molar-refractivity contribution is 8.18. The molecule has 1 aromatic heterocycles. The van der Waals surface area contributed by atoms with Crippen molar-refractivity contribution in [2.24, 2.45) is 4.99 Å². The highest BCUT2D eigenvalue weighted by Gasteiger charge is 2.38. The Morgan fingerprint density at radius 1 is 1.11 bits per heavy atom. The maximum atomic E-state index is 13.6. The Morgan fingerprint density at radius 3 is 2.49 bits per heavy atom. The van der Waals surface area contributed by atoms with Crippen molar-refractivity contribution in [3.8, 4) is 5.88 Å². The molecule has 1 N–H and O–H groups in total. The Bertz CT molecular complexity index is 1370. The molecule has 1 saturated heterocycles. The van der Waals surface area contributed by atoms with Gasteiger partial charge >= 0.3 is 12.4 Å². The van der Waals surface area contributed by atoms with Crippen molar-refractivity contribution in [1.29, 1.82) is 0 Å². The van der Waals surface area contributed by atoms with Crippen molar-refractivity contribution < 1.29 is 35.9 Å². The van der Waals surface area contributed by atoms with Gasteiger partial charge in [0.05, 0.1) is 40.6 Å². The van der Waals surface area contributed by atoms with E-state index in [1.807, 2.05) is 0 Å². The summed E-state index contributed by atoms with van der Waals surface area (Å²) < 4.78 is 86.2. The van der Waals surface area contributed by atoms with Crippen molar-refractivity contribution in [1.82, 2.24) is 15.1 Å². The molecule has 35 heavy (non-hydrogen) atoms. The molecule has 6 nitrogen and oxygen atoms in total. The Labute approximate surface area is 198 Å².